The first-order chi connectivity index (χ1) is 14.9. The summed E-state index contributed by atoms with van der Waals surface area (Å²) < 4.78 is 18.1. The van der Waals surface area contributed by atoms with E-state index in [0.29, 0.717) is 19.8 Å². The van der Waals surface area contributed by atoms with Crippen LogP contribution in [-0.2, 0) is 19.8 Å². The highest BCUT2D eigenvalue weighted by atomic mass is 35.5. The van der Waals surface area contributed by atoms with Crippen LogP contribution in [0.15, 0.2) is 48.8 Å². The van der Waals surface area contributed by atoms with Crippen LogP contribution in [0.25, 0.3) is 0 Å². The molecule has 0 saturated carbocycles. The molecule has 0 spiro atoms. The minimum Gasteiger partial charge on any atom is -0.370 e. The van der Waals surface area contributed by atoms with Crippen LogP contribution in [0.1, 0.15) is 43.0 Å². The molecule has 2 aromatic rings. The molecule has 0 radical (unpaired) electrons. The zero-order valence-corrected chi connectivity index (χ0v) is 22.0. The molecule has 0 amide bonds. The Morgan fingerprint density at radius 2 is 1.34 bits per heavy atom. The molecule has 176 valence electrons. The Hall–Kier alpha value is -1.83. The molecule has 0 saturated heterocycles. The van der Waals surface area contributed by atoms with E-state index in [1.54, 1.807) is 0 Å². The Balaban J connectivity index is 0.00000363. The second kappa shape index (κ2) is 11.9. The lowest BCUT2D eigenvalue weighted by molar-refractivity contribution is 0.0859. The lowest BCUT2D eigenvalue weighted by Crippen LogP contribution is -2.56. The average Bonchev–Trinajstić information content (AvgIpc) is 3.16. The molecule has 0 aromatic heterocycles. The highest BCUT2D eigenvalue weighted by Crippen LogP contribution is 2.29. The minimum absolute atomic E-state index is 0. The summed E-state index contributed by atoms with van der Waals surface area (Å²) in [6.45, 7) is 15.9. The summed E-state index contributed by atoms with van der Waals surface area (Å²) in [4.78, 5) is 4.65. The van der Waals surface area contributed by atoms with Gasteiger partial charge in [0, 0.05) is 49.6 Å². The van der Waals surface area contributed by atoms with E-state index in [1.807, 2.05) is 20.8 Å². The number of aryl methyl sites for hydroxylation is 3. The molecule has 0 unspecified atom stereocenters. The molecule has 0 fully saturated rings. The van der Waals surface area contributed by atoms with Gasteiger partial charge in [0.1, 0.15) is 0 Å². The van der Waals surface area contributed by atoms with Crippen LogP contribution in [0.2, 0.25) is 0 Å². The Bertz CT molecular complexity index is 865. The van der Waals surface area contributed by atoms with E-state index in [-0.39, 0.29) is 12.4 Å². The van der Waals surface area contributed by atoms with Crippen molar-refractivity contribution in [3.63, 3.8) is 0 Å². The lowest BCUT2D eigenvalue weighted by atomic mass is 10.0. The molecule has 1 aliphatic heterocycles. The van der Waals surface area contributed by atoms with Crippen molar-refractivity contribution in [1.82, 2.24) is 4.90 Å². The summed E-state index contributed by atoms with van der Waals surface area (Å²) >= 11 is 0. The van der Waals surface area contributed by atoms with Crippen molar-refractivity contribution < 1.29 is 13.3 Å². The number of anilines is 1. The smallest absolute Gasteiger partial charge is 0.370 e. The quantitative estimate of drug-likeness (QED) is 0.449. The van der Waals surface area contributed by atoms with E-state index < -0.39 is 8.80 Å². The van der Waals surface area contributed by atoms with E-state index in [9.17, 15) is 0 Å². The fourth-order valence-corrected chi connectivity index (χ4v) is 6.80. The van der Waals surface area contributed by atoms with Crippen molar-refractivity contribution in [2.24, 2.45) is 0 Å². The third-order valence-corrected chi connectivity index (χ3v) is 8.46. The molecule has 1 heterocycles. The van der Waals surface area contributed by atoms with Crippen molar-refractivity contribution >= 4 is 32.1 Å². The molecular formula is C25H37ClN2O3Si. The van der Waals surface area contributed by atoms with Crippen molar-refractivity contribution in [3.8, 4) is 0 Å². The van der Waals surface area contributed by atoms with Crippen molar-refractivity contribution in [2.45, 2.75) is 48.1 Å². The second-order valence-corrected chi connectivity index (χ2v) is 10.5. The largest absolute Gasteiger partial charge is 0.537 e. The van der Waals surface area contributed by atoms with E-state index in [4.69, 9.17) is 13.3 Å². The predicted octanol–water partition coefficient (Wildman–Crippen LogP) is 5.04. The van der Waals surface area contributed by atoms with Gasteiger partial charge >= 0.3 is 8.80 Å². The molecule has 2 aromatic carbocycles. The van der Waals surface area contributed by atoms with Gasteiger partial charge in [-0.1, -0.05) is 42.0 Å². The summed E-state index contributed by atoms with van der Waals surface area (Å²) in [5, 5.41) is 1.02. The fraction of sp³-hybridized carbons (Fsp3) is 0.440. The number of halogens is 1. The summed E-state index contributed by atoms with van der Waals surface area (Å²) in [6, 6.07) is 13.0. The zero-order valence-electron chi connectivity index (χ0n) is 20.2. The van der Waals surface area contributed by atoms with Gasteiger partial charge in [0.05, 0.1) is 6.67 Å². The van der Waals surface area contributed by atoms with Crippen LogP contribution < -0.4 is 10.1 Å². The second-order valence-electron chi connectivity index (χ2n) is 7.96. The Kier molecular flexibility index (Phi) is 9.79. The van der Waals surface area contributed by atoms with Gasteiger partial charge in [-0.3, -0.25) is 0 Å². The normalized spacial score (nSPS) is 13.6. The van der Waals surface area contributed by atoms with Crippen LogP contribution in [0, 0.1) is 20.8 Å². The first kappa shape index (κ1) is 26.4. The maximum atomic E-state index is 6.03. The topological polar surface area (TPSA) is 34.2 Å². The predicted molar refractivity (Wildman–Crippen MR) is 137 cm³/mol. The zero-order chi connectivity index (χ0) is 22.4. The first-order valence-corrected chi connectivity index (χ1v) is 12.9. The average molecular weight is 477 g/mol. The van der Waals surface area contributed by atoms with E-state index in [2.05, 4.69) is 79.4 Å². The number of hydrogen-bond acceptors (Lipinski definition) is 5. The van der Waals surface area contributed by atoms with Crippen LogP contribution in [0.5, 0.6) is 0 Å². The third-order valence-electron chi connectivity index (χ3n) is 5.41. The van der Waals surface area contributed by atoms with Gasteiger partial charge in [-0.15, -0.1) is 12.4 Å². The van der Waals surface area contributed by atoms with Gasteiger partial charge in [0.15, 0.2) is 0 Å². The molecule has 0 aliphatic carbocycles. The SMILES string of the molecule is CCO[Si](OCC)(OCC)c1ccc(CN2C=CN(c3c(C)cc(C)cc3C)C2)cc1.Cl. The third kappa shape index (κ3) is 5.94. The number of rotatable bonds is 10. The van der Waals surface area contributed by atoms with Crippen molar-refractivity contribution in [2.75, 3.05) is 31.4 Å². The molecule has 3 rings (SSSR count). The highest BCUT2D eigenvalue weighted by molar-refractivity contribution is 6.75. The van der Waals surface area contributed by atoms with Gasteiger partial charge in [0.2, 0.25) is 0 Å². The highest BCUT2D eigenvalue weighted by Gasteiger charge is 2.43. The van der Waals surface area contributed by atoms with Gasteiger partial charge in [0.25, 0.3) is 0 Å². The summed E-state index contributed by atoms with van der Waals surface area (Å²) in [6.07, 6.45) is 4.35. The van der Waals surface area contributed by atoms with Gasteiger partial charge in [-0.2, -0.15) is 0 Å². The monoisotopic (exact) mass is 476 g/mol. The van der Waals surface area contributed by atoms with Crippen LogP contribution in [-0.4, -0.2) is 40.2 Å². The molecule has 0 atom stereocenters. The Morgan fingerprint density at radius 3 is 1.84 bits per heavy atom. The first-order valence-electron chi connectivity index (χ1n) is 11.2. The molecule has 1 aliphatic rings. The maximum absolute atomic E-state index is 6.03. The standard InChI is InChI=1S/C25H36N2O3Si.ClH/c1-7-28-31(29-8-2,30-9-3)24-12-10-23(11-13-24)18-26-14-15-27(19-26)25-21(5)16-20(4)17-22(25)6;/h10-17H,7-9,18-19H2,1-6H3;1H. The molecule has 0 bridgehead atoms. The van der Waals surface area contributed by atoms with E-state index in [1.165, 1.54) is 27.9 Å². The van der Waals surface area contributed by atoms with Crippen molar-refractivity contribution in [1.29, 1.82) is 0 Å². The van der Waals surface area contributed by atoms with Crippen LogP contribution >= 0.6 is 12.4 Å². The van der Waals surface area contributed by atoms with Gasteiger partial charge in [-0.25, -0.2) is 0 Å². The van der Waals surface area contributed by atoms with Gasteiger partial charge in [-0.05, 0) is 58.2 Å². The van der Waals surface area contributed by atoms with E-state index in [0.717, 1.165) is 18.4 Å². The van der Waals surface area contributed by atoms with Gasteiger partial charge < -0.3 is 23.1 Å². The lowest BCUT2D eigenvalue weighted by Gasteiger charge is -2.29. The van der Waals surface area contributed by atoms with Crippen molar-refractivity contribution in [3.05, 3.63) is 71.1 Å². The fourth-order valence-electron chi connectivity index (χ4n) is 4.33. The molecule has 5 nitrogen and oxygen atoms in total. The van der Waals surface area contributed by atoms with E-state index >= 15 is 0 Å². The molecule has 32 heavy (non-hydrogen) atoms. The summed E-state index contributed by atoms with van der Waals surface area (Å²) in [5.41, 5.74) is 6.50. The molecule has 7 heteroatoms. The Morgan fingerprint density at radius 1 is 0.812 bits per heavy atom. The maximum Gasteiger partial charge on any atom is 0.537 e. The molecular weight excluding hydrogens is 440 g/mol. The number of benzene rings is 2. The van der Waals surface area contributed by atoms with Crippen LogP contribution in [0.4, 0.5) is 5.69 Å². The summed E-state index contributed by atoms with van der Waals surface area (Å²) in [7, 11) is -2.85. The Labute approximate surface area is 200 Å². The molecule has 0 N–H and O–H groups in total. The minimum atomic E-state index is -2.85. The summed E-state index contributed by atoms with van der Waals surface area (Å²) in [5.74, 6) is 0. The number of nitrogens with zero attached hydrogens (tertiary/aromatic N) is 2. The van der Waals surface area contributed by atoms with Crippen LogP contribution in [0.3, 0.4) is 0 Å². The number of hydrogen-bond donors (Lipinski definition) is 0.